The van der Waals surface area contributed by atoms with Crippen molar-refractivity contribution in [2.45, 2.75) is 18.9 Å². The molecule has 3 heterocycles. The lowest BCUT2D eigenvalue weighted by molar-refractivity contribution is -0.117. The van der Waals surface area contributed by atoms with E-state index in [2.05, 4.69) is 20.3 Å². The zero-order valence-corrected chi connectivity index (χ0v) is 13.8. The Balaban J connectivity index is 1.46. The van der Waals surface area contributed by atoms with Gasteiger partial charge in [0.2, 0.25) is 5.91 Å². The summed E-state index contributed by atoms with van der Waals surface area (Å²) in [6.07, 6.45) is 4.68. The van der Waals surface area contributed by atoms with E-state index in [1.165, 1.54) is 0 Å². The zero-order chi connectivity index (χ0) is 16.9. The van der Waals surface area contributed by atoms with Crippen molar-refractivity contribution < 1.29 is 9.90 Å². The number of likely N-dealkylation sites (tertiary alicyclic amines) is 1. The van der Waals surface area contributed by atoms with E-state index in [1.54, 1.807) is 23.1 Å². The SMILES string of the molecule is Cn1ccc(NC(=O)CN2CCC([C@@H](O)c3ccccn3)CC2)n1. The number of pyridine rings is 1. The fourth-order valence-corrected chi connectivity index (χ4v) is 3.09. The third-order valence-electron chi connectivity index (χ3n) is 4.42. The van der Waals surface area contributed by atoms with Crippen molar-refractivity contribution in [3.8, 4) is 0 Å². The van der Waals surface area contributed by atoms with E-state index < -0.39 is 6.10 Å². The van der Waals surface area contributed by atoms with Gasteiger partial charge in [-0.3, -0.25) is 19.4 Å². The van der Waals surface area contributed by atoms with Crippen molar-refractivity contribution in [3.63, 3.8) is 0 Å². The summed E-state index contributed by atoms with van der Waals surface area (Å²) in [6, 6.07) is 7.37. The summed E-state index contributed by atoms with van der Waals surface area (Å²) in [6.45, 7) is 1.94. The number of hydrogen-bond acceptors (Lipinski definition) is 5. The second-order valence-corrected chi connectivity index (χ2v) is 6.24. The van der Waals surface area contributed by atoms with E-state index in [-0.39, 0.29) is 11.8 Å². The van der Waals surface area contributed by atoms with Crippen LogP contribution >= 0.6 is 0 Å². The van der Waals surface area contributed by atoms with E-state index >= 15 is 0 Å². The molecule has 7 heteroatoms. The number of carbonyl (C=O) groups excluding carboxylic acids is 1. The van der Waals surface area contributed by atoms with Crippen LogP contribution in [0.5, 0.6) is 0 Å². The van der Waals surface area contributed by atoms with Crippen LogP contribution in [0, 0.1) is 5.92 Å². The number of hydrogen-bond donors (Lipinski definition) is 2. The highest BCUT2D eigenvalue weighted by Crippen LogP contribution is 2.29. The first-order valence-corrected chi connectivity index (χ1v) is 8.22. The third-order valence-corrected chi connectivity index (χ3v) is 4.42. The van der Waals surface area contributed by atoms with Crippen LogP contribution in [-0.2, 0) is 11.8 Å². The van der Waals surface area contributed by atoms with Crippen LogP contribution in [0.1, 0.15) is 24.6 Å². The predicted octanol–water partition coefficient (Wildman–Crippen LogP) is 1.20. The minimum absolute atomic E-state index is 0.0579. The van der Waals surface area contributed by atoms with E-state index in [9.17, 15) is 9.90 Å². The largest absolute Gasteiger partial charge is 0.387 e. The molecule has 2 N–H and O–H groups in total. The number of anilines is 1. The van der Waals surface area contributed by atoms with Crippen LogP contribution in [0.15, 0.2) is 36.7 Å². The zero-order valence-electron chi connectivity index (χ0n) is 13.8. The van der Waals surface area contributed by atoms with E-state index in [1.807, 2.05) is 25.2 Å². The Labute approximate surface area is 141 Å². The molecular formula is C17H23N5O2. The van der Waals surface area contributed by atoms with Crippen molar-refractivity contribution in [2.75, 3.05) is 25.0 Å². The molecule has 0 aliphatic carbocycles. The van der Waals surface area contributed by atoms with Gasteiger partial charge in [0.05, 0.1) is 18.3 Å². The van der Waals surface area contributed by atoms with E-state index in [4.69, 9.17) is 0 Å². The molecule has 2 aromatic heterocycles. The number of rotatable bonds is 5. The lowest BCUT2D eigenvalue weighted by Gasteiger charge is -2.33. The predicted molar refractivity (Wildman–Crippen MR) is 90.2 cm³/mol. The van der Waals surface area contributed by atoms with Crippen LogP contribution in [0.4, 0.5) is 5.82 Å². The topological polar surface area (TPSA) is 83.3 Å². The van der Waals surface area contributed by atoms with Gasteiger partial charge in [0.25, 0.3) is 0 Å². The number of aryl methyl sites for hydroxylation is 1. The van der Waals surface area contributed by atoms with Gasteiger partial charge in [0.1, 0.15) is 0 Å². The van der Waals surface area contributed by atoms with Crippen molar-refractivity contribution in [1.82, 2.24) is 19.7 Å². The first-order chi connectivity index (χ1) is 11.6. The average molecular weight is 329 g/mol. The summed E-state index contributed by atoms with van der Waals surface area (Å²) in [4.78, 5) is 18.4. The number of nitrogens with one attached hydrogen (secondary N) is 1. The lowest BCUT2D eigenvalue weighted by Crippen LogP contribution is -2.40. The molecule has 1 saturated heterocycles. The minimum atomic E-state index is -0.532. The second kappa shape index (κ2) is 7.55. The molecule has 128 valence electrons. The first-order valence-electron chi connectivity index (χ1n) is 8.22. The summed E-state index contributed by atoms with van der Waals surface area (Å²) in [5, 5.41) is 17.4. The number of carbonyl (C=O) groups is 1. The monoisotopic (exact) mass is 329 g/mol. The molecule has 0 bridgehead atoms. The van der Waals surface area contributed by atoms with Gasteiger partial charge in [0, 0.05) is 25.5 Å². The Morgan fingerprint density at radius 2 is 2.17 bits per heavy atom. The molecule has 1 aliphatic rings. The highest BCUT2D eigenvalue weighted by molar-refractivity contribution is 5.91. The summed E-state index contributed by atoms with van der Waals surface area (Å²) in [7, 11) is 1.81. The first kappa shape index (κ1) is 16.6. The highest BCUT2D eigenvalue weighted by atomic mass is 16.3. The van der Waals surface area contributed by atoms with E-state index in [0.29, 0.717) is 12.4 Å². The maximum absolute atomic E-state index is 12.1. The molecule has 2 aromatic rings. The van der Waals surface area contributed by atoms with Gasteiger partial charge in [-0.15, -0.1) is 0 Å². The molecule has 0 spiro atoms. The van der Waals surface area contributed by atoms with Crippen LogP contribution in [-0.4, -0.2) is 50.3 Å². The number of aliphatic hydroxyl groups is 1. The fraction of sp³-hybridized carbons (Fsp3) is 0.471. The molecule has 0 aromatic carbocycles. The summed E-state index contributed by atoms with van der Waals surface area (Å²) in [5.41, 5.74) is 0.726. The smallest absolute Gasteiger partial charge is 0.239 e. The highest BCUT2D eigenvalue weighted by Gasteiger charge is 2.27. The lowest BCUT2D eigenvalue weighted by atomic mass is 9.89. The molecule has 24 heavy (non-hydrogen) atoms. The summed E-state index contributed by atoms with van der Waals surface area (Å²) >= 11 is 0. The summed E-state index contributed by atoms with van der Waals surface area (Å²) < 4.78 is 1.65. The molecule has 0 saturated carbocycles. The van der Waals surface area contributed by atoms with Crippen LogP contribution in [0.2, 0.25) is 0 Å². The van der Waals surface area contributed by atoms with Gasteiger partial charge < -0.3 is 10.4 Å². The molecule has 1 atom stereocenters. The average Bonchev–Trinajstić information content (AvgIpc) is 3.00. The second-order valence-electron chi connectivity index (χ2n) is 6.24. The molecule has 7 nitrogen and oxygen atoms in total. The van der Waals surface area contributed by atoms with Crippen molar-refractivity contribution >= 4 is 11.7 Å². The number of piperidine rings is 1. The van der Waals surface area contributed by atoms with Gasteiger partial charge in [-0.05, 0) is 44.0 Å². The maximum atomic E-state index is 12.1. The van der Waals surface area contributed by atoms with Gasteiger partial charge in [-0.1, -0.05) is 6.07 Å². The van der Waals surface area contributed by atoms with E-state index in [0.717, 1.165) is 31.6 Å². The van der Waals surface area contributed by atoms with Crippen molar-refractivity contribution in [2.24, 2.45) is 13.0 Å². The van der Waals surface area contributed by atoms with Crippen LogP contribution in [0.3, 0.4) is 0 Å². The van der Waals surface area contributed by atoms with Gasteiger partial charge >= 0.3 is 0 Å². The molecule has 0 unspecified atom stereocenters. The van der Waals surface area contributed by atoms with Gasteiger partial charge in [-0.25, -0.2) is 0 Å². The molecular weight excluding hydrogens is 306 g/mol. The number of amides is 1. The van der Waals surface area contributed by atoms with Crippen molar-refractivity contribution in [1.29, 1.82) is 0 Å². The Kier molecular flexibility index (Phi) is 5.22. The van der Waals surface area contributed by atoms with Crippen LogP contribution in [0.25, 0.3) is 0 Å². The quantitative estimate of drug-likeness (QED) is 0.861. The fourth-order valence-electron chi connectivity index (χ4n) is 3.09. The molecule has 1 aliphatic heterocycles. The third kappa shape index (κ3) is 4.18. The molecule has 3 rings (SSSR count). The van der Waals surface area contributed by atoms with Gasteiger partial charge in [-0.2, -0.15) is 5.10 Å². The number of aliphatic hydroxyl groups excluding tert-OH is 1. The van der Waals surface area contributed by atoms with Crippen molar-refractivity contribution in [3.05, 3.63) is 42.4 Å². The summed E-state index contributed by atoms with van der Waals surface area (Å²) in [5.74, 6) is 0.704. The Morgan fingerprint density at radius 1 is 1.38 bits per heavy atom. The standard InChI is InChI=1S/C17H23N5O2/c1-21-9-7-15(20-21)19-16(23)12-22-10-5-13(6-11-22)17(24)14-4-2-3-8-18-14/h2-4,7-9,13,17,24H,5-6,10-12H2,1H3,(H,19,20,23)/t17-/m1/s1. The van der Waals surface area contributed by atoms with Gasteiger partial charge in [0.15, 0.2) is 5.82 Å². The normalized spacial score (nSPS) is 17.6. The minimum Gasteiger partial charge on any atom is -0.387 e. The Morgan fingerprint density at radius 3 is 2.79 bits per heavy atom. The molecule has 0 radical (unpaired) electrons. The van der Waals surface area contributed by atoms with Crippen LogP contribution < -0.4 is 5.32 Å². The maximum Gasteiger partial charge on any atom is 0.239 e. The Bertz CT molecular complexity index is 665. The molecule has 1 amide bonds. The number of nitrogens with zero attached hydrogens (tertiary/aromatic N) is 4. The number of aromatic nitrogens is 3. The Hall–Kier alpha value is -2.25. The molecule has 1 fully saturated rings.